The van der Waals surface area contributed by atoms with E-state index in [1.54, 1.807) is 35.7 Å². The lowest BCUT2D eigenvalue weighted by Crippen LogP contribution is -2.24. The van der Waals surface area contributed by atoms with Crippen molar-refractivity contribution in [3.8, 4) is 5.69 Å². The number of nitrogens with zero attached hydrogens (tertiary/aromatic N) is 4. The molecule has 0 amide bonds. The van der Waals surface area contributed by atoms with Gasteiger partial charge < -0.3 is 0 Å². The predicted octanol–water partition coefficient (Wildman–Crippen LogP) is 1.32. The average molecular weight is 334 g/mol. The number of H-pyrrole nitrogens is 1. The molecule has 0 spiro atoms. The van der Waals surface area contributed by atoms with Crippen molar-refractivity contribution in [2.45, 2.75) is 6.92 Å². The summed E-state index contributed by atoms with van der Waals surface area (Å²) in [5, 5.41) is 11.6. The number of nitrogens with one attached hydrogen (secondary N) is 1. The van der Waals surface area contributed by atoms with Gasteiger partial charge in [0, 0.05) is 5.02 Å². The van der Waals surface area contributed by atoms with Crippen LogP contribution in [-0.4, -0.2) is 24.4 Å². The monoisotopic (exact) mass is 333 g/mol. The first-order valence-corrected chi connectivity index (χ1v) is 7.51. The van der Waals surface area contributed by atoms with Gasteiger partial charge in [-0.15, -0.1) is 10.2 Å². The quantitative estimate of drug-likeness (QED) is 0.569. The SMILES string of the molecule is Cc1nnc2sc3c(=O)n(-c4ccc(Cl)cc4)c(=O)c=3[nH]n12. The fourth-order valence-corrected chi connectivity index (χ4v) is 3.34. The van der Waals surface area contributed by atoms with E-state index in [4.69, 9.17) is 11.6 Å². The molecule has 0 aliphatic carbocycles. The second-order valence-electron chi connectivity index (χ2n) is 4.71. The fourth-order valence-electron chi connectivity index (χ4n) is 2.27. The molecule has 110 valence electrons. The van der Waals surface area contributed by atoms with Crippen molar-refractivity contribution in [1.82, 2.24) is 24.4 Å². The molecule has 0 unspecified atom stereocenters. The van der Waals surface area contributed by atoms with Crippen molar-refractivity contribution < 1.29 is 0 Å². The summed E-state index contributed by atoms with van der Waals surface area (Å²) in [7, 11) is 0. The number of rotatable bonds is 1. The lowest BCUT2D eigenvalue weighted by Gasteiger charge is -1.99. The van der Waals surface area contributed by atoms with Gasteiger partial charge in [0.2, 0.25) is 4.96 Å². The Balaban J connectivity index is 2.14. The van der Waals surface area contributed by atoms with Crippen LogP contribution in [0.1, 0.15) is 5.82 Å². The van der Waals surface area contributed by atoms with Gasteiger partial charge in [0.25, 0.3) is 11.1 Å². The minimum absolute atomic E-state index is 0.236. The van der Waals surface area contributed by atoms with Crippen LogP contribution in [0.4, 0.5) is 0 Å². The topological polar surface area (TPSA) is 85.0 Å². The number of benzene rings is 1. The zero-order valence-corrected chi connectivity index (χ0v) is 12.8. The van der Waals surface area contributed by atoms with Crippen LogP contribution < -0.4 is 11.1 Å². The highest BCUT2D eigenvalue weighted by Gasteiger charge is 2.15. The third-order valence-corrected chi connectivity index (χ3v) is 4.62. The number of halogens is 1. The number of aromatic amines is 1. The summed E-state index contributed by atoms with van der Waals surface area (Å²) in [5.74, 6) is 0.610. The molecule has 22 heavy (non-hydrogen) atoms. The van der Waals surface area contributed by atoms with Crippen LogP contribution in [0.3, 0.4) is 0 Å². The van der Waals surface area contributed by atoms with E-state index >= 15 is 0 Å². The summed E-state index contributed by atoms with van der Waals surface area (Å²) < 4.78 is 3.02. The van der Waals surface area contributed by atoms with Gasteiger partial charge in [-0.3, -0.25) is 14.7 Å². The van der Waals surface area contributed by atoms with Gasteiger partial charge in [0.05, 0.1) is 5.69 Å². The van der Waals surface area contributed by atoms with Crippen molar-refractivity contribution in [1.29, 1.82) is 0 Å². The Morgan fingerprint density at radius 1 is 1.14 bits per heavy atom. The molecule has 0 radical (unpaired) electrons. The second-order valence-corrected chi connectivity index (χ2v) is 6.12. The molecule has 0 fully saturated rings. The van der Waals surface area contributed by atoms with E-state index in [1.165, 1.54) is 0 Å². The van der Waals surface area contributed by atoms with Crippen LogP contribution in [0.25, 0.3) is 10.6 Å². The molecule has 3 heterocycles. The van der Waals surface area contributed by atoms with Gasteiger partial charge in [0.1, 0.15) is 9.88 Å². The molecule has 0 saturated heterocycles. The van der Waals surface area contributed by atoms with E-state index in [-0.39, 0.29) is 10.9 Å². The Labute approximate surface area is 131 Å². The van der Waals surface area contributed by atoms with Crippen molar-refractivity contribution in [3.05, 3.63) is 65.7 Å². The largest absolute Gasteiger partial charge is 0.284 e. The molecule has 2 aliphatic heterocycles. The summed E-state index contributed by atoms with van der Waals surface area (Å²) >= 11 is 6.97. The molecule has 0 bridgehead atoms. The molecule has 0 atom stereocenters. The van der Waals surface area contributed by atoms with Crippen LogP contribution >= 0.6 is 22.9 Å². The van der Waals surface area contributed by atoms with Gasteiger partial charge in [-0.2, -0.15) is 0 Å². The minimum atomic E-state index is -0.409. The maximum absolute atomic E-state index is 12.6. The lowest BCUT2D eigenvalue weighted by atomic mass is 10.3. The summed E-state index contributed by atoms with van der Waals surface area (Å²) in [5.41, 5.74) is -0.316. The predicted molar refractivity (Wildman–Crippen MR) is 82.1 cm³/mol. The van der Waals surface area contributed by atoms with Crippen molar-refractivity contribution in [2.75, 3.05) is 0 Å². The molecule has 1 aromatic carbocycles. The van der Waals surface area contributed by atoms with Crippen LogP contribution in [-0.2, 0) is 0 Å². The molecule has 1 aromatic heterocycles. The van der Waals surface area contributed by atoms with E-state index in [1.807, 2.05) is 0 Å². The van der Waals surface area contributed by atoms with E-state index in [2.05, 4.69) is 15.3 Å². The van der Waals surface area contributed by atoms with Crippen molar-refractivity contribution in [2.24, 2.45) is 0 Å². The molecular weight excluding hydrogens is 326 g/mol. The Kier molecular flexibility index (Phi) is 2.72. The molecular formula is C13H8ClN5O2S. The Morgan fingerprint density at radius 3 is 2.59 bits per heavy atom. The lowest BCUT2D eigenvalue weighted by molar-refractivity contribution is 0.853. The minimum Gasteiger partial charge on any atom is -0.284 e. The standard InChI is InChI=1S/C13H8ClN5O2S/c1-6-15-16-13-19(6)17-9-10(22-13)12(21)18(11(9)20)8-4-2-7(14)3-5-8/h2-5,17H,1H3. The van der Waals surface area contributed by atoms with Gasteiger partial charge in [-0.1, -0.05) is 22.9 Å². The van der Waals surface area contributed by atoms with Crippen LogP contribution in [0.5, 0.6) is 0 Å². The number of hydrogen-bond acceptors (Lipinski definition) is 5. The smallest absolute Gasteiger partial charge is 0.284 e. The Hall–Kier alpha value is -2.45. The van der Waals surface area contributed by atoms with E-state index in [0.29, 0.717) is 26.0 Å². The second kappa shape index (κ2) is 4.52. The normalized spacial score (nSPS) is 11.5. The van der Waals surface area contributed by atoms with Gasteiger partial charge in [0.15, 0.2) is 5.82 Å². The highest BCUT2D eigenvalue weighted by atomic mass is 35.5. The third kappa shape index (κ3) is 1.74. The zero-order valence-electron chi connectivity index (χ0n) is 11.2. The van der Waals surface area contributed by atoms with Crippen molar-refractivity contribution in [3.63, 3.8) is 0 Å². The average Bonchev–Trinajstić information content (AvgIpc) is 2.99. The third-order valence-electron chi connectivity index (χ3n) is 3.34. The van der Waals surface area contributed by atoms with Gasteiger partial charge in [-0.25, -0.2) is 9.08 Å². The Morgan fingerprint density at radius 2 is 1.86 bits per heavy atom. The van der Waals surface area contributed by atoms with Crippen LogP contribution in [0, 0.1) is 16.8 Å². The highest BCUT2D eigenvalue weighted by molar-refractivity contribution is 7.14. The molecule has 7 nitrogen and oxygen atoms in total. The number of fused-ring (bicyclic) bond motifs is 1. The molecule has 2 aromatic rings. The number of aryl methyl sites for hydroxylation is 1. The summed E-state index contributed by atoms with van der Waals surface area (Å²) in [6, 6.07) is 6.53. The van der Waals surface area contributed by atoms with E-state index < -0.39 is 5.56 Å². The van der Waals surface area contributed by atoms with Gasteiger partial charge >= 0.3 is 0 Å². The molecule has 1 N–H and O–H groups in total. The first-order valence-electron chi connectivity index (χ1n) is 6.32. The summed E-state index contributed by atoms with van der Waals surface area (Å²) in [6.45, 7) is 1.76. The first-order chi connectivity index (χ1) is 10.6. The maximum atomic E-state index is 12.6. The molecule has 2 aliphatic rings. The Bertz CT molecular complexity index is 1180. The first kappa shape index (κ1) is 13.2. The van der Waals surface area contributed by atoms with Crippen LogP contribution in [0.2, 0.25) is 5.02 Å². The molecule has 4 rings (SSSR count). The van der Waals surface area contributed by atoms with E-state index in [9.17, 15) is 9.59 Å². The maximum Gasteiger partial charge on any atom is 0.284 e. The number of aromatic nitrogens is 5. The molecule has 0 saturated carbocycles. The van der Waals surface area contributed by atoms with Crippen LogP contribution in [0.15, 0.2) is 33.9 Å². The zero-order chi connectivity index (χ0) is 15.4. The van der Waals surface area contributed by atoms with Gasteiger partial charge in [-0.05, 0) is 31.2 Å². The summed E-state index contributed by atoms with van der Waals surface area (Å²) in [6.07, 6.45) is 0. The number of hydrogen-bond donors (Lipinski definition) is 1. The van der Waals surface area contributed by atoms with Crippen molar-refractivity contribution >= 4 is 27.9 Å². The summed E-state index contributed by atoms with van der Waals surface area (Å²) in [4.78, 5) is 25.6. The fraction of sp³-hybridized carbons (Fsp3) is 0.0769. The highest BCUT2D eigenvalue weighted by Crippen LogP contribution is 2.12. The van der Waals surface area contributed by atoms with E-state index in [0.717, 1.165) is 15.9 Å². The molecule has 9 heteroatoms.